The van der Waals surface area contributed by atoms with Crippen LogP contribution in [0.3, 0.4) is 0 Å². The molecule has 0 bridgehead atoms. The predicted molar refractivity (Wildman–Crippen MR) is 84.5 cm³/mol. The van der Waals surface area contributed by atoms with Gasteiger partial charge in [-0.3, -0.25) is 4.21 Å². The van der Waals surface area contributed by atoms with Crippen molar-refractivity contribution < 1.29 is 13.5 Å². The highest BCUT2D eigenvalue weighted by Gasteiger charge is 2.12. The smallest absolute Gasteiger partial charge is 0.119 e. The van der Waals surface area contributed by atoms with Crippen LogP contribution < -0.4 is 10.1 Å². The van der Waals surface area contributed by atoms with Crippen molar-refractivity contribution in [3.05, 3.63) is 42.0 Å². The summed E-state index contributed by atoms with van der Waals surface area (Å²) in [6.07, 6.45) is 0. The number of para-hydroxylation sites is 1. The SMILES string of the molecule is CCOc1ccc(S(=O)[O-])c(-c2cccc(C)c2NC)c1. The Labute approximate surface area is 127 Å². The van der Waals surface area contributed by atoms with Crippen LogP contribution in [0.2, 0.25) is 0 Å². The van der Waals surface area contributed by atoms with Gasteiger partial charge in [0.15, 0.2) is 0 Å². The van der Waals surface area contributed by atoms with E-state index in [-0.39, 0.29) is 4.90 Å². The van der Waals surface area contributed by atoms with E-state index in [0.29, 0.717) is 17.9 Å². The van der Waals surface area contributed by atoms with Gasteiger partial charge in [-0.15, -0.1) is 0 Å². The molecule has 0 saturated carbocycles. The zero-order valence-corrected chi connectivity index (χ0v) is 13.1. The Morgan fingerprint density at radius 2 is 2.00 bits per heavy atom. The third-order valence-corrected chi connectivity index (χ3v) is 3.97. The maximum Gasteiger partial charge on any atom is 0.119 e. The summed E-state index contributed by atoms with van der Waals surface area (Å²) < 4.78 is 28.5. The summed E-state index contributed by atoms with van der Waals surface area (Å²) in [6.45, 7) is 4.41. The summed E-state index contributed by atoms with van der Waals surface area (Å²) in [6, 6.07) is 10.8. The Bertz CT molecular complexity index is 671. The third kappa shape index (κ3) is 3.25. The minimum absolute atomic E-state index is 0.264. The molecule has 2 aromatic rings. The van der Waals surface area contributed by atoms with Crippen LogP contribution in [0.1, 0.15) is 12.5 Å². The number of aryl methyl sites for hydroxylation is 1. The van der Waals surface area contributed by atoms with E-state index in [1.165, 1.54) is 0 Å². The fourth-order valence-corrected chi connectivity index (χ4v) is 2.87. The molecule has 2 rings (SSSR count). The van der Waals surface area contributed by atoms with Gasteiger partial charge in [-0.2, -0.15) is 0 Å². The maximum absolute atomic E-state index is 11.5. The van der Waals surface area contributed by atoms with Crippen molar-refractivity contribution in [1.29, 1.82) is 0 Å². The number of nitrogens with one attached hydrogen (secondary N) is 1. The second-order valence-corrected chi connectivity index (χ2v) is 5.48. The summed E-state index contributed by atoms with van der Waals surface area (Å²) >= 11 is -2.30. The zero-order chi connectivity index (χ0) is 15.4. The minimum atomic E-state index is -2.30. The van der Waals surface area contributed by atoms with Crippen LogP contribution in [0.4, 0.5) is 5.69 Å². The van der Waals surface area contributed by atoms with E-state index in [1.807, 2.05) is 39.1 Å². The molecular weight excluding hydrogens is 286 g/mol. The fraction of sp³-hybridized carbons (Fsp3) is 0.250. The number of ether oxygens (including phenoxy) is 1. The second-order valence-electron chi connectivity index (χ2n) is 4.57. The summed E-state index contributed by atoms with van der Waals surface area (Å²) in [5, 5.41) is 3.14. The fourth-order valence-electron chi connectivity index (χ4n) is 2.35. The lowest BCUT2D eigenvalue weighted by Gasteiger charge is -2.18. The molecule has 0 heterocycles. The van der Waals surface area contributed by atoms with E-state index in [9.17, 15) is 8.76 Å². The third-order valence-electron chi connectivity index (χ3n) is 3.25. The molecule has 1 N–H and O–H groups in total. The Morgan fingerprint density at radius 1 is 1.24 bits per heavy atom. The first kappa shape index (κ1) is 15.5. The highest BCUT2D eigenvalue weighted by molar-refractivity contribution is 7.79. The van der Waals surface area contributed by atoms with Gasteiger partial charge in [0.05, 0.1) is 6.61 Å². The highest BCUT2D eigenvalue weighted by atomic mass is 32.2. The van der Waals surface area contributed by atoms with Gasteiger partial charge in [0.2, 0.25) is 0 Å². The molecule has 0 aliphatic carbocycles. The van der Waals surface area contributed by atoms with E-state index < -0.39 is 11.1 Å². The van der Waals surface area contributed by atoms with Crippen molar-refractivity contribution in [2.24, 2.45) is 0 Å². The molecule has 1 atom stereocenters. The molecule has 0 amide bonds. The van der Waals surface area contributed by atoms with Crippen molar-refractivity contribution in [3.63, 3.8) is 0 Å². The number of hydrogen-bond acceptors (Lipinski definition) is 4. The first-order valence-electron chi connectivity index (χ1n) is 6.72. The van der Waals surface area contributed by atoms with E-state index in [0.717, 1.165) is 16.8 Å². The van der Waals surface area contributed by atoms with Crippen molar-refractivity contribution in [2.75, 3.05) is 19.0 Å². The average molecular weight is 304 g/mol. The van der Waals surface area contributed by atoms with Crippen LogP contribution in [-0.4, -0.2) is 22.4 Å². The quantitative estimate of drug-likeness (QED) is 0.861. The number of rotatable bonds is 5. The number of anilines is 1. The van der Waals surface area contributed by atoms with E-state index in [2.05, 4.69) is 5.32 Å². The lowest BCUT2D eigenvalue weighted by molar-refractivity contribution is 0.340. The van der Waals surface area contributed by atoms with E-state index in [4.69, 9.17) is 4.74 Å². The van der Waals surface area contributed by atoms with Gasteiger partial charge in [0.1, 0.15) is 5.75 Å². The second kappa shape index (κ2) is 6.74. The highest BCUT2D eigenvalue weighted by Crippen LogP contribution is 2.36. The van der Waals surface area contributed by atoms with E-state index in [1.54, 1.807) is 18.2 Å². The van der Waals surface area contributed by atoms with Crippen LogP contribution in [0.25, 0.3) is 11.1 Å². The molecule has 112 valence electrons. The van der Waals surface area contributed by atoms with Gasteiger partial charge in [-0.25, -0.2) is 0 Å². The topological polar surface area (TPSA) is 61.4 Å². The molecular formula is C16H18NO3S-. The average Bonchev–Trinajstić information content (AvgIpc) is 2.47. The standard InChI is InChI=1S/C16H19NO3S/c1-4-20-12-8-9-15(21(18)19)14(10-12)13-7-5-6-11(2)16(13)17-3/h5-10,17H,4H2,1-3H3,(H,18,19)/p-1. The Kier molecular flexibility index (Phi) is 4.98. The van der Waals surface area contributed by atoms with Crippen LogP contribution >= 0.6 is 0 Å². The van der Waals surface area contributed by atoms with Crippen molar-refractivity contribution in [1.82, 2.24) is 0 Å². The minimum Gasteiger partial charge on any atom is -0.768 e. The molecule has 1 unspecified atom stereocenters. The molecule has 0 aromatic heterocycles. The summed E-state index contributed by atoms with van der Waals surface area (Å²) in [7, 11) is 1.83. The van der Waals surface area contributed by atoms with Crippen LogP contribution in [0.15, 0.2) is 41.3 Å². The molecule has 0 spiro atoms. The molecule has 0 fully saturated rings. The monoisotopic (exact) mass is 304 g/mol. The van der Waals surface area contributed by atoms with Crippen molar-refractivity contribution >= 4 is 16.8 Å². The largest absolute Gasteiger partial charge is 0.768 e. The molecule has 4 nitrogen and oxygen atoms in total. The first-order chi connectivity index (χ1) is 10.1. The predicted octanol–water partition coefficient (Wildman–Crippen LogP) is 3.34. The molecule has 0 radical (unpaired) electrons. The summed E-state index contributed by atoms with van der Waals surface area (Å²) in [5.41, 5.74) is 3.46. The summed E-state index contributed by atoms with van der Waals surface area (Å²) in [4.78, 5) is 0.264. The van der Waals surface area contributed by atoms with Crippen LogP contribution in [-0.2, 0) is 11.1 Å². The van der Waals surface area contributed by atoms with E-state index >= 15 is 0 Å². The molecule has 0 aliphatic rings. The molecule has 5 heteroatoms. The van der Waals surface area contributed by atoms with Gasteiger partial charge < -0.3 is 14.6 Å². The molecule has 0 aliphatic heterocycles. The molecule has 21 heavy (non-hydrogen) atoms. The lowest BCUT2D eigenvalue weighted by Crippen LogP contribution is -2.00. The van der Waals surface area contributed by atoms with Gasteiger partial charge >= 0.3 is 0 Å². The van der Waals surface area contributed by atoms with Crippen molar-refractivity contribution in [3.8, 4) is 16.9 Å². The Balaban J connectivity index is 2.68. The molecule has 2 aromatic carbocycles. The Morgan fingerprint density at radius 3 is 2.62 bits per heavy atom. The number of benzene rings is 2. The molecule has 0 saturated heterocycles. The first-order valence-corrected chi connectivity index (χ1v) is 7.79. The van der Waals surface area contributed by atoms with Gasteiger partial charge in [0, 0.05) is 28.8 Å². The number of hydrogen-bond donors (Lipinski definition) is 1. The lowest BCUT2D eigenvalue weighted by atomic mass is 10.00. The maximum atomic E-state index is 11.5. The zero-order valence-electron chi connectivity index (χ0n) is 12.3. The Hall–Kier alpha value is -1.85. The van der Waals surface area contributed by atoms with Gasteiger partial charge in [0.25, 0.3) is 0 Å². The van der Waals surface area contributed by atoms with Crippen LogP contribution in [0.5, 0.6) is 5.75 Å². The summed E-state index contributed by atoms with van der Waals surface area (Å²) in [5.74, 6) is 0.658. The normalized spacial score (nSPS) is 12.0. The van der Waals surface area contributed by atoms with Gasteiger partial charge in [-0.05, 0) is 48.7 Å². The van der Waals surface area contributed by atoms with Gasteiger partial charge in [-0.1, -0.05) is 18.2 Å². The van der Waals surface area contributed by atoms with Crippen LogP contribution in [0, 0.1) is 6.92 Å². The van der Waals surface area contributed by atoms with Crippen molar-refractivity contribution in [2.45, 2.75) is 18.7 Å².